The highest BCUT2D eigenvalue weighted by Crippen LogP contribution is 2.43. The lowest BCUT2D eigenvalue weighted by molar-refractivity contribution is -0.136. The van der Waals surface area contributed by atoms with E-state index in [1.165, 1.54) is 0 Å². The van der Waals surface area contributed by atoms with E-state index in [1.807, 2.05) is 23.1 Å². The van der Waals surface area contributed by atoms with E-state index >= 15 is 0 Å². The largest absolute Gasteiger partial charge is 0.371 e. The molecule has 59 heavy (non-hydrogen) atoms. The number of aromatic nitrogens is 2. The van der Waals surface area contributed by atoms with Crippen molar-refractivity contribution < 1.29 is 24.0 Å². The molecular formula is C43H47ClN10O5. The summed E-state index contributed by atoms with van der Waals surface area (Å²) < 4.78 is 0. The number of likely N-dealkylation sites (tertiary alicyclic amines) is 1. The summed E-state index contributed by atoms with van der Waals surface area (Å²) in [6.07, 6.45) is 8.56. The van der Waals surface area contributed by atoms with Gasteiger partial charge in [-0.1, -0.05) is 17.7 Å². The molecule has 5 amide bonds. The first-order valence-corrected chi connectivity index (χ1v) is 21.1. The van der Waals surface area contributed by atoms with Gasteiger partial charge in [-0.25, -0.2) is 14.8 Å². The number of anilines is 3. The van der Waals surface area contributed by atoms with Crippen molar-refractivity contribution in [3.63, 3.8) is 0 Å². The van der Waals surface area contributed by atoms with Crippen molar-refractivity contribution in [1.29, 1.82) is 0 Å². The lowest BCUT2D eigenvalue weighted by atomic mass is 9.77. The van der Waals surface area contributed by atoms with E-state index in [2.05, 4.69) is 39.7 Å². The number of nitrogens with zero attached hydrogens (tertiary/aromatic N) is 9. The van der Waals surface area contributed by atoms with Crippen LogP contribution in [-0.2, 0) is 9.59 Å². The van der Waals surface area contributed by atoms with Gasteiger partial charge in [-0.05, 0) is 80.2 Å². The smallest absolute Gasteiger partial charge is 0.262 e. The number of rotatable bonds is 7. The molecule has 1 atom stereocenters. The third kappa shape index (κ3) is 7.60. The number of piperidine rings is 3. The number of imide groups is 2. The molecule has 16 heteroatoms. The number of hydrogen-bond acceptors (Lipinski definition) is 11. The standard InChI is InChI=1S/C43H47ClN10O5/c1-45-35-5-3-31(23-34(35)44)53-17-12-43(27-53)10-15-51(16-11-43)39(57)29-24-46-42(47-25-29)52-20-18-49(19-21-52)26-28-8-13-50(14-9-28)30-2-4-32-33(22-30)41(59)54(40(32)58)36-6-7-37(55)48-38(36)56/h2-5,22-25,28,36H,6-21,26-27H2,(H,48,55,56). The molecule has 0 aliphatic carbocycles. The van der Waals surface area contributed by atoms with Gasteiger partial charge >= 0.3 is 0 Å². The lowest BCUT2D eigenvalue weighted by Gasteiger charge is -2.39. The number of amides is 5. The Balaban J connectivity index is 0.713. The zero-order valence-corrected chi connectivity index (χ0v) is 33.7. The maximum Gasteiger partial charge on any atom is 0.262 e. The molecule has 1 unspecified atom stereocenters. The maximum absolute atomic E-state index is 13.5. The van der Waals surface area contributed by atoms with Crippen molar-refractivity contribution in [2.45, 2.75) is 51.0 Å². The molecule has 15 nitrogen and oxygen atoms in total. The highest BCUT2D eigenvalue weighted by molar-refractivity contribution is 6.33. The highest BCUT2D eigenvalue weighted by atomic mass is 35.5. The van der Waals surface area contributed by atoms with Gasteiger partial charge < -0.3 is 19.6 Å². The van der Waals surface area contributed by atoms with Crippen LogP contribution in [0.3, 0.4) is 0 Å². The summed E-state index contributed by atoms with van der Waals surface area (Å²) in [7, 11) is 0. The Hall–Kier alpha value is -5.59. The van der Waals surface area contributed by atoms with E-state index in [0.29, 0.717) is 52.4 Å². The summed E-state index contributed by atoms with van der Waals surface area (Å²) >= 11 is 6.32. The van der Waals surface area contributed by atoms with Crippen LogP contribution in [0.15, 0.2) is 48.8 Å². The van der Waals surface area contributed by atoms with Crippen molar-refractivity contribution in [3.05, 3.63) is 81.9 Å². The average molecular weight is 819 g/mol. The zero-order valence-electron chi connectivity index (χ0n) is 32.9. The van der Waals surface area contributed by atoms with Gasteiger partial charge in [0.25, 0.3) is 17.7 Å². The second-order valence-electron chi connectivity index (χ2n) is 16.9. The summed E-state index contributed by atoms with van der Waals surface area (Å²) in [5.41, 5.74) is 3.71. The summed E-state index contributed by atoms with van der Waals surface area (Å²) in [4.78, 5) is 89.0. The normalized spacial score (nSPS) is 22.6. The van der Waals surface area contributed by atoms with Crippen LogP contribution >= 0.6 is 11.6 Å². The first kappa shape index (κ1) is 38.9. The molecule has 2 aromatic carbocycles. The Bertz CT molecular complexity index is 2220. The SMILES string of the molecule is [C-]#[N+]c1ccc(N2CCC3(CCN(C(=O)c4cnc(N5CCN(CC6CCN(c7ccc8c(c7)C(=O)N(C7CCC(=O)NC7=O)C8=O)CC6)CC5)nc4)CC3)C2)cc1Cl. The summed E-state index contributed by atoms with van der Waals surface area (Å²) in [6, 6.07) is 10.0. The molecule has 5 fully saturated rings. The Labute approximate surface area is 348 Å². The summed E-state index contributed by atoms with van der Waals surface area (Å²) in [5, 5.41) is 2.73. The number of halogens is 1. The molecule has 0 radical (unpaired) electrons. The molecule has 1 N–H and O–H groups in total. The molecule has 1 aromatic heterocycles. The van der Waals surface area contributed by atoms with Crippen molar-refractivity contribution in [2.24, 2.45) is 11.3 Å². The number of carbonyl (C=O) groups is 5. The van der Waals surface area contributed by atoms with Gasteiger partial charge in [-0.15, -0.1) is 0 Å². The van der Waals surface area contributed by atoms with Crippen LogP contribution in [-0.4, -0.2) is 132 Å². The van der Waals surface area contributed by atoms with Crippen LogP contribution in [0.2, 0.25) is 5.02 Å². The molecule has 7 heterocycles. The Kier molecular flexibility index (Phi) is 10.5. The van der Waals surface area contributed by atoms with Gasteiger partial charge in [-0.3, -0.25) is 39.1 Å². The fourth-order valence-electron chi connectivity index (χ4n) is 9.83. The van der Waals surface area contributed by atoms with Crippen LogP contribution in [0.25, 0.3) is 4.85 Å². The molecule has 306 valence electrons. The topological polar surface area (TPSA) is 147 Å². The van der Waals surface area contributed by atoms with Crippen LogP contribution < -0.4 is 20.0 Å². The van der Waals surface area contributed by atoms with Crippen molar-refractivity contribution >= 4 is 64.1 Å². The van der Waals surface area contributed by atoms with E-state index in [9.17, 15) is 24.0 Å². The first-order chi connectivity index (χ1) is 28.6. The van der Waals surface area contributed by atoms with E-state index < -0.39 is 29.7 Å². The number of piperazine rings is 1. The Morgan fingerprint density at radius 3 is 2.17 bits per heavy atom. The number of carbonyl (C=O) groups excluding carboxylic acids is 5. The number of nitrogens with one attached hydrogen (secondary N) is 1. The van der Waals surface area contributed by atoms with Gasteiger partial charge in [0.05, 0.1) is 23.3 Å². The Morgan fingerprint density at radius 1 is 0.797 bits per heavy atom. The van der Waals surface area contributed by atoms with Crippen molar-refractivity contribution in [2.75, 3.05) is 86.7 Å². The average Bonchev–Trinajstić information content (AvgIpc) is 3.78. The van der Waals surface area contributed by atoms with Gasteiger partial charge in [0.15, 0.2) is 0 Å². The quantitative estimate of drug-likeness (QED) is 0.270. The molecule has 6 aliphatic rings. The van der Waals surface area contributed by atoms with Gasteiger partial charge in [0, 0.05) is 107 Å². The maximum atomic E-state index is 13.5. The predicted octanol–water partition coefficient (Wildman–Crippen LogP) is 4.25. The molecule has 6 aliphatic heterocycles. The van der Waals surface area contributed by atoms with Crippen molar-refractivity contribution in [1.82, 2.24) is 30.0 Å². The minimum absolute atomic E-state index is 0.0187. The molecule has 0 bridgehead atoms. The minimum Gasteiger partial charge on any atom is -0.371 e. The molecule has 5 saturated heterocycles. The molecule has 3 aromatic rings. The van der Waals surface area contributed by atoms with E-state index in [-0.39, 0.29) is 24.2 Å². The molecule has 1 spiro atoms. The third-order valence-electron chi connectivity index (χ3n) is 13.4. The number of benzene rings is 2. The van der Waals surface area contributed by atoms with Crippen molar-refractivity contribution in [3.8, 4) is 0 Å². The molecule has 0 saturated carbocycles. The molecule has 9 rings (SSSR count). The van der Waals surface area contributed by atoms with Crippen LogP contribution in [0.4, 0.5) is 23.0 Å². The van der Waals surface area contributed by atoms with Gasteiger partial charge in [-0.2, -0.15) is 0 Å². The summed E-state index contributed by atoms with van der Waals surface area (Å²) in [5.74, 6) is -0.797. The van der Waals surface area contributed by atoms with E-state index in [4.69, 9.17) is 18.2 Å². The second kappa shape index (κ2) is 15.9. The minimum atomic E-state index is -0.972. The third-order valence-corrected chi connectivity index (χ3v) is 13.7. The van der Waals surface area contributed by atoms with Crippen LogP contribution in [0.1, 0.15) is 76.0 Å². The Morgan fingerprint density at radius 2 is 1.47 bits per heavy atom. The van der Waals surface area contributed by atoms with Crippen LogP contribution in [0, 0.1) is 17.9 Å². The highest BCUT2D eigenvalue weighted by Gasteiger charge is 2.45. The summed E-state index contributed by atoms with van der Waals surface area (Å²) in [6.45, 7) is 16.7. The molecular weight excluding hydrogens is 772 g/mol. The number of hydrogen-bond donors (Lipinski definition) is 1. The van der Waals surface area contributed by atoms with E-state index in [1.54, 1.807) is 30.6 Å². The van der Waals surface area contributed by atoms with Gasteiger partial charge in [0.1, 0.15) is 6.04 Å². The van der Waals surface area contributed by atoms with Crippen LogP contribution in [0.5, 0.6) is 0 Å². The lowest BCUT2D eigenvalue weighted by Crippen LogP contribution is -2.54. The monoisotopic (exact) mass is 818 g/mol. The second-order valence-corrected chi connectivity index (χ2v) is 17.3. The fourth-order valence-corrected chi connectivity index (χ4v) is 10.1. The predicted molar refractivity (Wildman–Crippen MR) is 221 cm³/mol. The number of fused-ring (bicyclic) bond motifs is 1. The van der Waals surface area contributed by atoms with E-state index in [0.717, 1.165) is 107 Å². The first-order valence-electron chi connectivity index (χ1n) is 20.7. The zero-order chi connectivity index (χ0) is 40.8. The van der Waals surface area contributed by atoms with Gasteiger partial charge in [0.2, 0.25) is 23.5 Å². The fraction of sp³-hybridized carbons (Fsp3) is 0.488.